The number of carbonyl (C=O) groups excluding carboxylic acids is 1. The summed E-state index contributed by atoms with van der Waals surface area (Å²) in [6.45, 7) is 0. The number of nitrogen functional groups attached to an aromatic ring is 1. The minimum Gasteiger partial charge on any atom is -0.457 e. The van der Waals surface area contributed by atoms with Crippen LogP contribution in [0.3, 0.4) is 0 Å². The molecule has 0 unspecified atom stereocenters. The molecule has 3 aromatic carbocycles. The highest BCUT2D eigenvalue weighted by atomic mass is 16.5. The van der Waals surface area contributed by atoms with Crippen LogP contribution in [0.1, 0.15) is 10.5 Å². The maximum absolute atomic E-state index is 11.4. The summed E-state index contributed by atoms with van der Waals surface area (Å²) in [7, 11) is 0. The van der Waals surface area contributed by atoms with Gasteiger partial charge in [-0.15, -0.1) is 0 Å². The van der Waals surface area contributed by atoms with Gasteiger partial charge in [0.25, 0.3) is 5.91 Å². The summed E-state index contributed by atoms with van der Waals surface area (Å²) in [4.78, 5) is 24.0. The van der Waals surface area contributed by atoms with Crippen molar-refractivity contribution in [3.05, 3.63) is 109 Å². The van der Waals surface area contributed by atoms with E-state index in [1.165, 1.54) is 12.3 Å². The number of aromatic nitrogens is 3. The van der Waals surface area contributed by atoms with Gasteiger partial charge in [-0.3, -0.25) is 9.78 Å². The summed E-state index contributed by atoms with van der Waals surface area (Å²) in [5.41, 5.74) is 16.1. The average Bonchev–Trinajstić information content (AvgIpc) is 2.89. The number of primary amides is 1. The maximum atomic E-state index is 11.4. The number of benzene rings is 3. The van der Waals surface area contributed by atoms with Gasteiger partial charge in [0, 0.05) is 35.6 Å². The first kappa shape index (κ1) is 22.5. The van der Waals surface area contributed by atoms with Crippen LogP contribution < -0.4 is 21.5 Å². The normalized spacial score (nSPS) is 10.6. The molecule has 2 aromatic heterocycles. The number of pyridine rings is 1. The van der Waals surface area contributed by atoms with E-state index in [1.54, 1.807) is 18.2 Å². The number of carbonyl (C=O) groups is 1. The van der Waals surface area contributed by atoms with Crippen molar-refractivity contribution in [1.82, 2.24) is 15.0 Å². The molecule has 8 heteroatoms. The zero-order valence-electron chi connectivity index (χ0n) is 19.1. The third-order valence-corrected chi connectivity index (χ3v) is 5.36. The molecular formula is C28H22N6O2. The van der Waals surface area contributed by atoms with E-state index in [2.05, 4.69) is 44.5 Å². The number of amides is 1. The molecule has 5 aromatic rings. The Labute approximate surface area is 207 Å². The summed E-state index contributed by atoms with van der Waals surface area (Å²) in [6.07, 6.45) is 1.47. The molecule has 0 radical (unpaired) electrons. The van der Waals surface area contributed by atoms with Crippen molar-refractivity contribution < 1.29 is 9.53 Å². The van der Waals surface area contributed by atoms with E-state index in [9.17, 15) is 4.79 Å². The standard InChI is InChI=1S/C28H22N6O2/c29-27(35)25-16-23(13-14-31-25)36-22-8-4-7-21(15-22)32-26-17-24(33-28(30)34-26)20-11-9-19(10-12-20)18-5-2-1-3-6-18/h1-17H,(H2,29,35)(H3,30,32,33,34). The van der Waals surface area contributed by atoms with E-state index < -0.39 is 5.91 Å². The van der Waals surface area contributed by atoms with Crippen LogP contribution in [0.2, 0.25) is 0 Å². The summed E-state index contributed by atoms with van der Waals surface area (Å²) >= 11 is 0. The summed E-state index contributed by atoms with van der Waals surface area (Å²) < 4.78 is 5.87. The molecule has 0 aliphatic heterocycles. The molecule has 0 aliphatic carbocycles. The van der Waals surface area contributed by atoms with Crippen molar-refractivity contribution in [2.45, 2.75) is 0 Å². The SMILES string of the molecule is NC(=O)c1cc(Oc2cccc(Nc3cc(-c4ccc(-c5ccccc5)cc4)nc(N)n3)c2)ccn1. The van der Waals surface area contributed by atoms with Crippen LogP contribution in [-0.4, -0.2) is 20.9 Å². The largest absolute Gasteiger partial charge is 0.457 e. The molecule has 0 spiro atoms. The van der Waals surface area contributed by atoms with Crippen molar-refractivity contribution in [2.75, 3.05) is 11.1 Å². The van der Waals surface area contributed by atoms with Crippen molar-refractivity contribution in [1.29, 1.82) is 0 Å². The Morgan fingerprint density at radius 3 is 2.25 bits per heavy atom. The van der Waals surface area contributed by atoms with Crippen LogP contribution in [0, 0.1) is 0 Å². The molecule has 5 rings (SSSR count). The van der Waals surface area contributed by atoms with E-state index in [4.69, 9.17) is 16.2 Å². The minimum absolute atomic E-state index is 0.127. The zero-order valence-corrected chi connectivity index (χ0v) is 19.1. The second-order valence-electron chi connectivity index (χ2n) is 7.94. The summed E-state index contributed by atoms with van der Waals surface area (Å²) in [6, 6.07) is 30.6. The molecule has 0 atom stereocenters. The number of ether oxygens (including phenoxy) is 1. The van der Waals surface area contributed by atoms with Gasteiger partial charge in [-0.1, -0.05) is 60.7 Å². The van der Waals surface area contributed by atoms with Crippen LogP contribution in [0.15, 0.2) is 103 Å². The molecule has 0 saturated carbocycles. The Balaban J connectivity index is 1.35. The molecule has 1 amide bonds. The fourth-order valence-electron chi connectivity index (χ4n) is 3.67. The predicted octanol–water partition coefficient (Wildman–Crippen LogP) is 5.42. The predicted molar refractivity (Wildman–Crippen MR) is 140 cm³/mol. The van der Waals surface area contributed by atoms with Crippen LogP contribution >= 0.6 is 0 Å². The van der Waals surface area contributed by atoms with Crippen LogP contribution in [0.5, 0.6) is 11.5 Å². The lowest BCUT2D eigenvalue weighted by Crippen LogP contribution is -2.12. The Bertz CT molecular complexity index is 1520. The van der Waals surface area contributed by atoms with E-state index in [1.807, 2.05) is 48.5 Å². The monoisotopic (exact) mass is 474 g/mol. The highest BCUT2D eigenvalue weighted by Crippen LogP contribution is 2.28. The number of hydrogen-bond acceptors (Lipinski definition) is 7. The fraction of sp³-hybridized carbons (Fsp3) is 0. The van der Waals surface area contributed by atoms with Crippen molar-refractivity contribution in [3.63, 3.8) is 0 Å². The van der Waals surface area contributed by atoms with Crippen LogP contribution in [0.4, 0.5) is 17.5 Å². The molecule has 36 heavy (non-hydrogen) atoms. The van der Waals surface area contributed by atoms with Gasteiger partial charge in [0.2, 0.25) is 5.95 Å². The first-order valence-electron chi connectivity index (χ1n) is 11.1. The van der Waals surface area contributed by atoms with Gasteiger partial charge in [-0.2, -0.15) is 4.98 Å². The Morgan fingerprint density at radius 2 is 1.47 bits per heavy atom. The molecule has 0 fully saturated rings. The molecule has 5 N–H and O–H groups in total. The lowest BCUT2D eigenvalue weighted by molar-refractivity contribution is 0.0995. The molecule has 2 heterocycles. The first-order chi connectivity index (χ1) is 17.5. The van der Waals surface area contributed by atoms with Gasteiger partial charge in [0.15, 0.2) is 0 Å². The van der Waals surface area contributed by atoms with E-state index in [0.717, 1.165) is 22.4 Å². The van der Waals surface area contributed by atoms with Gasteiger partial charge in [0.1, 0.15) is 23.0 Å². The molecule has 0 saturated heterocycles. The maximum Gasteiger partial charge on any atom is 0.267 e. The van der Waals surface area contributed by atoms with Gasteiger partial charge in [-0.05, 0) is 29.3 Å². The molecular weight excluding hydrogens is 452 g/mol. The van der Waals surface area contributed by atoms with Crippen molar-refractivity contribution >= 4 is 23.4 Å². The lowest BCUT2D eigenvalue weighted by atomic mass is 10.0. The van der Waals surface area contributed by atoms with Gasteiger partial charge in [-0.25, -0.2) is 4.98 Å². The number of hydrogen-bond donors (Lipinski definition) is 3. The van der Waals surface area contributed by atoms with Crippen molar-refractivity contribution in [2.24, 2.45) is 5.73 Å². The topological polar surface area (TPSA) is 129 Å². The van der Waals surface area contributed by atoms with E-state index >= 15 is 0 Å². The number of anilines is 3. The van der Waals surface area contributed by atoms with Crippen molar-refractivity contribution in [3.8, 4) is 33.9 Å². The molecule has 176 valence electrons. The van der Waals surface area contributed by atoms with Gasteiger partial charge in [0.05, 0.1) is 5.69 Å². The minimum atomic E-state index is -0.622. The molecule has 0 bridgehead atoms. The fourth-order valence-corrected chi connectivity index (χ4v) is 3.67. The number of nitrogens with two attached hydrogens (primary N) is 2. The quantitative estimate of drug-likeness (QED) is 0.287. The zero-order chi connectivity index (χ0) is 24.9. The third-order valence-electron chi connectivity index (χ3n) is 5.36. The Kier molecular flexibility index (Phi) is 6.23. The highest BCUT2D eigenvalue weighted by molar-refractivity contribution is 5.91. The summed E-state index contributed by atoms with van der Waals surface area (Å²) in [5, 5.41) is 3.25. The average molecular weight is 475 g/mol. The number of nitrogens with one attached hydrogen (secondary N) is 1. The second-order valence-corrected chi connectivity index (χ2v) is 7.94. The van der Waals surface area contributed by atoms with E-state index in [-0.39, 0.29) is 11.6 Å². The van der Waals surface area contributed by atoms with E-state index in [0.29, 0.717) is 23.0 Å². The third kappa shape index (κ3) is 5.28. The lowest BCUT2D eigenvalue weighted by Gasteiger charge is -2.11. The Morgan fingerprint density at radius 1 is 0.750 bits per heavy atom. The molecule has 8 nitrogen and oxygen atoms in total. The number of nitrogens with zero attached hydrogens (tertiary/aromatic N) is 3. The molecule has 0 aliphatic rings. The first-order valence-corrected chi connectivity index (χ1v) is 11.1. The Hall–Kier alpha value is -5.24. The van der Waals surface area contributed by atoms with Crippen LogP contribution in [-0.2, 0) is 0 Å². The summed E-state index contributed by atoms with van der Waals surface area (Å²) in [5.74, 6) is 1.08. The van der Waals surface area contributed by atoms with Gasteiger partial charge < -0.3 is 21.5 Å². The second kappa shape index (κ2) is 9.94. The van der Waals surface area contributed by atoms with Crippen LogP contribution in [0.25, 0.3) is 22.4 Å². The van der Waals surface area contributed by atoms with Gasteiger partial charge >= 0.3 is 0 Å². The smallest absolute Gasteiger partial charge is 0.267 e. The number of rotatable bonds is 7. The highest BCUT2D eigenvalue weighted by Gasteiger charge is 2.08.